The SMILES string of the molecule is CCC(F)(F)C(C)(C)C(C)(C)C. The third-order valence-corrected chi connectivity index (χ3v) is 3.23. The van der Waals surface area contributed by atoms with Crippen LogP contribution in [0.3, 0.4) is 0 Å². The van der Waals surface area contributed by atoms with E-state index in [2.05, 4.69) is 0 Å². The maximum absolute atomic E-state index is 13.4. The fourth-order valence-electron chi connectivity index (χ4n) is 0.991. The van der Waals surface area contributed by atoms with Gasteiger partial charge >= 0.3 is 0 Å². The Hall–Kier alpha value is -0.140. The molecule has 0 spiro atoms. The summed E-state index contributed by atoms with van der Waals surface area (Å²) in [7, 11) is 0. The van der Waals surface area contributed by atoms with Gasteiger partial charge in [0.2, 0.25) is 0 Å². The molecule has 0 aromatic carbocycles. The van der Waals surface area contributed by atoms with E-state index < -0.39 is 11.3 Å². The minimum Gasteiger partial charge on any atom is -0.206 e. The van der Waals surface area contributed by atoms with E-state index in [0.29, 0.717) is 0 Å². The molecule has 74 valence electrons. The van der Waals surface area contributed by atoms with Crippen LogP contribution in [0.2, 0.25) is 0 Å². The van der Waals surface area contributed by atoms with E-state index in [9.17, 15) is 8.78 Å². The second kappa shape index (κ2) is 2.97. The number of alkyl halides is 2. The zero-order chi connectivity index (χ0) is 10.2. The molecule has 0 aromatic rings. The standard InChI is InChI=1S/C10H20F2/c1-7-10(11,12)9(5,6)8(2,3)4/h7H2,1-6H3. The van der Waals surface area contributed by atoms with Crippen LogP contribution in [-0.2, 0) is 0 Å². The summed E-state index contributed by atoms with van der Waals surface area (Å²) < 4.78 is 26.9. The topological polar surface area (TPSA) is 0 Å². The zero-order valence-corrected chi connectivity index (χ0v) is 8.96. The molecule has 0 aliphatic rings. The van der Waals surface area contributed by atoms with Gasteiger partial charge in [0.05, 0.1) is 0 Å². The van der Waals surface area contributed by atoms with Crippen LogP contribution in [0, 0.1) is 10.8 Å². The summed E-state index contributed by atoms with van der Waals surface area (Å²) in [6.07, 6.45) is -0.0860. The predicted molar refractivity (Wildman–Crippen MR) is 48.5 cm³/mol. The molecule has 0 amide bonds. The fourth-order valence-corrected chi connectivity index (χ4v) is 0.991. The first-order valence-corrected chi connectivity index (χ1v) is 4.44. The quantitative estimate of drug-likeness (QED) is 0.597. The highest BCUT2D eigenvalue weighted by Crippen LogP contribution is 2.50. The lowest BCUT2D eigenvalue weighted by atomic mass is 9.65. The summed E-state index contributed by atoms with van der Waals surface area (Å²) in [6.45, 7) is 10.4. The smallest absolute Gasteiger partial charge is 0.206 e. The van der Waals surface area contributed by atoms with Crippen LogP contribution >= 0.6 is 0 Å². The normalized spacial score (nSPS) is 15.0. The molecule has 0 N–H and O–H groups in total. The van der Waals surface area contributed by atoms with Gasteiger partial charge in [-0.25, -0.2) is 8.78 Å². The van der Waals surface area contributed by atoms with Crippen LogP contribution in [0.4, 0.5) is 8.78 Å². The molecule has 0 nitrogen and oxygen atoms in total. The van der Waals surface area contributed by atoms with Crippen molar-refractivity contribution in [1.82, 2.24) is 0 Å². The van der Waals surface area contributed by atoms with E-state index in [1.165, 1.54) is 6.92 Å². The van der Waals surface area contributed by atoms with Crippen LogP contribution in [0.1, 0.15) is 48.0 Å². The Labute approximate surface area is 74.4 Å². The summed E-state index contributed by atoms with van der Waals surface area (Å²) >= 11 is 0. The number of hydrogen-bond acceptors (Lipinski definition) is 0. The fraction of sp³-hybridized carbons (Fsp3) is 1.00. The highest BCUT2D eigenvalue weighted by atomic mass is 19.3. The van der Waals surface area contributed by atoms with Crippen molar-refractivity contribution in [3.05, 3.63) is 0 Å². The third-order valence-electron chi connectivity index (χ3n) is 3.23. The Morgan fingerprint density at radius 3 is 1.33 bits per heavy atom. The Morgan fingerprint density at radius 1 is 0.917 bits per heavy atom. The Balaban J connectivity index is 4.85. The van der Waals surface area contributed by atoms with Crippen molar-refractivity contribution in [2.45, 2.75) is 53.9 Å². The van der Waals surface area contributed by atoms with Gasteiger partial charge in [0.1, 0.15) is 0 Å². The number of rotatable bonds is 2. The van der Waals surface area contributed by atoms with Crippen LogP contribution in [0.25, 0.3) is 0 Å². The summed E-state index contributed by atoms with van der Waals surface area (Å²) in [6, 6.07) is 0. The van der Waals surface area contributed by atoms with Gasteiger partial charge in [0, 0.05) is 11.8 Å². The Bertz CT molecular complexity index is 152. The van der Waals surface area contributed by atoms with Crippen LogP contribution < -0.4 is 0 Å². The molecule has 0 saturated carbocycles. The Morgan fingerprint density at radius 2 is 1.25 bits per heavy atom. The van der Waals surface area contributed by atoms with E-state index >= 15 is 0 Å². The van der Waals surface area contributed by atoms with E-state index in [4.69, 9.17) is 0 Å². The van der Waals surface area contributed by atoms with E-state index in [1.54, 1.807) is 13.8 Å². The summed E-state index contributed by atoms with van der Waals surface area (Å²) in [5.74, 6) is -2.58. The minimum atomic E-state index is -2.58. The molecular formula is C10H20F2. The zero-order valence-electron chi connectivity index (χ0n) is 8.96. The highest BCUT2D eigenvalue weighted by Gasteiger charge is 2.51. The second-order valence-electron chi connectivity index (χ2n) is 4.93. The van der Waals surface area contributed by atoms with Crippen LogP contribution in [0.5, 0.6) is 0 Å². The predicted octanol–water partition coefficient (Wildman–Crippen LogP) is 4.10. The molecule has 0 aliphatic heterocycles. The molecule has 12 heavy (non-hydrogen) atoms. The van der Waals surface area contributed by atoms with Gasteiger partial charge < -0.3 is 0 Å². The lowest BCUT2D eigenvalue weighted by Crippen LogP contribution is -2.45. The summed E-state index contributed by atoms with van der Waals surface area (Å²) in [4.78, 5) is 0. The average molecular weight is 178 g/mol. The highest BCUT2D eigenvalue weighted by molar-refractivity contribution is 4.93. The van der Waals surface area contributed by atoms with Gasteiger partial charge in [-0.15, -0.1) is 0 Å². The summed E-state index contributed by atoms with van der Waals surface area (Å²) in [5, 5.41) is 0. The van der Waals surface area contributed by atoms with Crippen molar-refractivity contribution in [3.8, 4) is 0 Å². The van der Waals surface area contributed by atoms with Crippen LogP contribution in [-0.4, -0.2) is 5.92 Å². The van der Waals surface area contributed by atoms with Gasteiger partial charge in [-0.2, -0.15) is 0 Å². The molecule has 0 saturated heterocycles. The molecule has 0 atom stereocenters. The first-order chi connectivity index (χ1) is 5.06. The third kappa shape index (κ3) is 1.78. The van der Waals surface area contributed by atoms with Crippen molar-refractivity contribution in [2.75, 3.05) is 0 Å². The molecule has 0 rings (SSSR count). The maximum Gasteiger partial charge on any atom is 0.253 e. The lowest BCUT2D eigenvalue weighted by Gasteiger charge is -2.44. The molecule has 2 heteroatoms. The first kappa shape index (κ1) is 11.9. The number of hydrogen-bond donors (Lipinski definition) is 0. The van der Waals surface area contributed by atoms with Crippen molar-refractivity contribution >= 4 is 0 Å². The molecule has 0 heterocycles. The van der Waals surface area contributed by atoms with Gasteiger partial charge in [-0.3, -0.25) is 0 Å². The first-order valence-electron chi connectivity index (χ1n) is 4.44. The van der Waals surface area contributed by atoms with Crippen molar-refractivity contribution in [1.29, 1.82) is 0 Å². The van der Waals surface area contributed by atoms with Crippen molar-refractivity contribution in [2.24, 2.45) is 10.8 Å². The van der Waals surface area contributed by atoms with Gasteiger partial charge in [-0.1, -0.05) is 41.5 Å². The monoisotopic (exact) mass is 178 g/mol. The molecular weight excluding hydrogens is 158 g/mol. The largest absolute Gasteiger partial charge is 0.253 e. The molecule has 0 aliphatic carbocycles. The average Bonchev–Trinajstić information content (AvgIpc) is 1.85. The molecule has 0 aromatic heterocycles. The molecule has 0 fully saturated rings. The van der Waals surface area contributed by atoms with E-state index in [0.717, 1.165) is 0 Å². The van der Waals surface area contributed by atoms with E-state index in [1.807, 2.05) is 20.8 Å². The summed E-state index contributed by atoms with van der Waals surface area (Å²) in [5.41, 5.74) is -1.32. The van der Waals surface area contributed by atoms with Crippen LogP contribution in [0.15, 0.2) is 0 Å². The van der Waals surface area contributed by atoms with Gasteiger partial charge in [-0.05, 0) is 5.41 Å². The van der Waals surface area contributed by atoms with E-state index in [-0.39, 0.29) is 11.8 Å². The minimum absolute atomic E-state index is 0.0860. The molecule has 0 bridgehead atoms. The lowest BCUT2D eigenvalue weighted by molar-refractivity contribution is -0.155. The van der Waals surface area contributed by atoms with Crippen molar-refractivity contribution < 1.29 is 8.78 Å². The second-order valence-corrected chi connectivity index (χ2v) is 4.93. The van der Waals surface area contributed by atoms with Gasteiger partial charge in [0.25, 0.3) is 5.92 Å². The van der Waals surface area contributed by atoms with Gasteiger partial charge in [0.15, 0.2) is 0 Å². The molecule has 0 unspecified atom stereocenters. The Kier molecular flexibility index (Phi) is 2.93. The number of halogens is 2. The van der Waals surface area contributed by atoms with Crippen molar-refractivity contribution in [3.63, 3.8) is 0 Å². The maximum atomic E-state index is 13.4. The molecule has 0 radical (unpaired) electrons.